The highest BCUT2D eigenvalue weighted by Gasteiger charge is 2.29. The lowest BCUT2D eigenvalue weighted by Gasteiger charge is -2.20. The molecule has 0 amide bonds. The average Bonchev–Trinajstić information content (AvgIpc) is 2.21. The van der Waals surface area contributed by atoms with Gasteiger partial charge in [-0.15, -0.1) is 0 Å². The van der Waals surface area contributed by atoms with Crippen molar-refractivity contribution in [2.75, 3.05) is 0 Å². The average molecular weight is 210 g/mol. The SMILES string of the molecule is C=C/C=C\C(=C/C)C(C)(C)C(=O)O.CC. The molecule has 0 radical (unpaired) electrons. The highest BCUT2D eigenvalue weighted by atomic mass is 16.4. The van der Waals surface area contributed by atoms with Crippen LogP contribution in [0.15, 0.2) is 36.5 Å². The van der Waals surface area contributed by atoms with E-state index in [4.69, 9.17) is 5.11 Å². The third-order valence-corrected chi connectivity index (χ3v) is 1.98. The van der Waals surface area contributed by atoms with Crippen molar-refractivity contribution in [3.05, 3.63) is 36.5 Å². The Bertz CT molecular complexity index is 258. The zero-order valence-corrected chi connectivity index (χ0v) is 10.4. The summed E-state index contributed by atoms with van der Waals surface area (Å²) in [5, 5.41) is 8.94. The highest BCUT2D eigenvalue weighted by Crippen LogP contribution is 2.27. The van der Waals surface area contributed by atoms with Crippen molar-refractivity contribution in [1.29, 1.82) is 0 Å². The normalized spacial score (nSPS) is 11.9. The van der Waals surface area contributed by atoms with Crippen molar-refractivity contribution >= 4 is 5.97 Å². The standard InChI is InChI=1S/C11H16O2.C2H6/c1-5-7-8-9(6-2)11(3,4)10(12)13;1-2/h5-8H,1H2,2-4H3,(H,12,13);1-2H3/b8-7-,9-6+;. The molecule has 0 aliphatic heterocycles. The van der Waals surface area contributed by atoms with Gasteiger partial charge in [0, 0.05) is 0 Å². The fourth-order valence-electron chi connectivity index (χ4n) is 0.961. The summed E-state index contributed by atoms with van der Waals surface area (Å²) in [6.45, 7) is 12.7. The van der Waals surface area contributed by atoms with Gasteiger partial charge in [-0.1, -0.05) is 44.7 Å². The molecule has 0 aromatic rings. The van der Waals surface area contributed by atoms with Gasteiger partial charge in [0.1, 0.15) is 0 Å². The molecular formula is C13H22O2. The van der Waals surface area contributed by atoms with Gasteiger partial charge in [-0.05, 0) is 26.3 Å². The van der Waals surface area contributed by atoms with Gasteiger partial charge in [-0.3, -0.25) is 4.79 Å². The summed E-state index contributed by atoms with van der Waals surface area (Å²) in [6, 6.07) is 0. The Morgan fingerprint density at radius 2 is 1.80 bits per heavy atom. The molecule has 0 saturated heterocycles. The minimum absolute atomic E-state index is 0.778. The topological polar surface area (TPSA) is 37.3 Å². The minimum atomic E-state index is -0.839. The van der Waals surface area contributed by atoms with E-state index < -0.39 is 11.4 Å². The zero-order chi connectivity index (χ0) is 12.5. The third kappa shape index (κ3) is 5.21. The second-order valence-corrected chi connectivity index (χ2v) is 3.27. The molecule has 0 aliphatic rings. The van der Waals surface area contributed by atoms with Crippen molar-refractivity contribution in [3.8, 4) is 0 Å². The number of carboxylic acids is 1. The van der Waals surface area contributed by atoms with Gasteiger partial charge in [0.25, 0.3) is 0 Å². The van der Waals surface area contributed by atoms with Crippen molar-refractivity contribution < 1.29 is 9.90 Å². The van der Waals surface area contributed by atoms with E-state index in [0.29, 0.717) is 0 Å². The van der Waals surface area contributed by atoms with Gasteiger partial charge < -0.3 is 5.11 Å². The van der Waals surface area contributed by atoms with E-state index in [2.05, 4.69) is 6.58 Å². The molecule has 86 valence electrons. The zero-order valence-electron chi connectivity index (χ0n) is 10.4. The lowest BCUT2D eigenvalue weighted by Crippen LogP contribution is -2.25. The summed E-state index contributed by atoms with van der Waals surface area (Å²) in [5.41, 5.74) is -0.0613. The van der Waals surface area contributed by atoms with Gasteiger partial charge in [-0.25, -0.2) is 0 Å². The van der Waals surface area contributed by atoms with Crippen LogP contribution in [0.2, 0.25) is 0 Å². The fraction of sp³-hybridized carbons (Fsp3) is 0.462. The van der Waals surface area contributed by atoms with Crippen LogP contribution in [0.25, 0.3) is 0 Å². The van der Waals surface area contributed by atoms with Crippen LogP contribution in [-0.2, 0) is 4.79 Å². The molecular weight excluding hydrogens is 188 g/mol. The van der Waals surface area contributed by atoms with Crippen molar-refractivity contribution in [3.63, 3.8) is 0 Å². The number of hydrogen-bond acceptors (Lipinski definition) is 1. The first-order valence-corrected chi connectivity index (χ1v) is 5.16. The molecule has 1 N–H and O–H groups in total. The molecule has 2 heteroatoms. The number of carboxylic acid groups (broad SMARTS) is 1. The smallest absolute Gasteiger partial charge is 0.313 e. The number of hydrogen-bond donors (Lipinski definition) is 1. The molecule has 0 fully saturated rings. The van der Waals surface area contributed by atoms with E-state index in [1.807, 2.05) is 20.8 Å². The summed E-state index contributed by atoms with van der Waals surface area (Å²) in [7, 11) is 0. The molecule has 0 aromatic carbocycles. The monoisotopic (exact) mass is 210 g/mol. The Kier molecular flexibility index (Phi) is 8.64. The lowest BCUT2D eigenvalue weighted by molar-refractivity contribution is -0.144. The Morgan fingerprint density at radius 1 is 1.33 bits per heavy atom. The van der Waals surface area contributed by atoms with Crippen LogP contribution < -0.4 is 0 Å². The Morgan fingerprint density at radius 3 is 2.07 bits per heavy atom. The summed E-state index contributed by atoms with van der Waals surface area (Å²) in [6.07, 6.45) is 6.93. The highest BCUT2D eigenvalue weighted by molar-refractivity contribution is 5.78. The van der Waals surface area contributed by atoms with Crippen molar-refractivity contribution in [1.82, 2.24) is 0 Å². The predicted octanol–water partition coefficient (Wildman–Crippen LogP) is 3.81. The summed E-state index contributed by atoms with van der Waals surface area (Å²) < 4.78 is 0. The summed E-state index contributed by atoms with van der Waals surface area (Å²) in [4.78, 5) is 10.9. The van der Waals surface area contributed by atoms with E-state index in [0.717, 1.165) is 5.57 Å². The van der Waals surface area contributed by atoms with Crippen LogP contribution in [0.3, 0.4) is 0 Å². The number of carbonyl (C=O) groups is 1. The molecule has 0 bridgehead atoms. The van der Waals surface area contributed by atoms with Crippen LogP contribution in [0.1, 0.15) is 34.6 Å². The quantitative estimate of drug-likeness (QED) is 0.716. The van der Waals surface area contributed by atoms with Crippen LogP contribution in [0, 0.1) is 5.41 Å². The van der Waals surface area contributed by atoms with E-state index in [9.17, 15) is 4.79 Å². The first-order chi connectivity index (χ1) is 6.96. The molecule has 0 heterocycles. The van der Waals surface area contributed by atoms with Gasteiger partial charge in [0.15, 0.2) is 0 Å². The van der Waals surface area contributed by atoms with E-state index in [1.165, 1.54) is 0 Å². The van der Waals surface area contributed by atoms with Gasteiger partial charge in [0.05, 0.1) is 5.41 Å². The van der Waals surface area contributed by atoms with Gasteiger partial charge in [0.2, 0.25) is 0 Å². The second-order valence-electron chi connectivity index (χ2n) is 3.27. The largest absolute Gasteiger partial charge is 0.481 e. The molecule has 0 aromatic heterocycles. The molecule has 0 unspecified atom stereocenters. The van der Waals surface area contributed by atoms with Gasteiger partial charge in [-0.2, -0.15) is 0 Å². The molecule has 15 heavy (non-hydrogen) atoms. The number of rotatable bonds is 4. The second kappa shape index (κ2) is 8.04. The molecule has 0 atom stereocenters. The summed E-state index contributed by atoms with van der Waals surface area (Å²) in [5.74, 6) is -0.825. The maximum absolute atomic E-state index is 10.9. The Labute approximate surface area is 93.0 Å². The first kappa shape index (κ1) is 16.1. The van der Waals surface area contributed by atoms with Crippen LogP contribution >= 0.6 is 0 Å². The molecule has 0 rings (SSSR count). The van der Waals surface area contributed by atoms with E-state index in [1.54, 1.807) is 38.2 Å². The minimum Gasteiger partial charge on any atom is -0.481 e. The summed E-state index contributed by atoms with van der Waals surface area (Å²) >= 11 is 0. The maximum Gasteiger partial charge on any atom is 0.313 e. The maximum atomic E-state index is 10.9. The van der Waals surface area contributed by atoms with Gasteiger partial charge >= 0.3 is 5.97 Å². The Balaban J connectivity index is 0. The molecule has 0 aliphatic carbocycles. The Hall–Kier alpha value is -1.31. The predicted molar refractivity (Wildman–Crippen MR) is 65.9 cm³/mol. The van der Waals surface area contributed by atoms with E-state index >= 15 is 0 Å². The van der Waals surface area contributed by atoms with Crippen LogP contribution in [0.5, 0.6) is 0 Å². The van der Waals surface area contributed by atoms with Crippen molar-refractivity contribution in [2.24, 2.45) is 5.41 Å². The molecule has 2 nitrogen and oxygen atoms in total. The lowest BCUT2D eigenvalue weighted by atomic mass is 9.84. The van der Waals surface area contributed by atoms with E-state index in [-0.39, 0.29) is 0 Å². The van der Waals surface area contributed by atoms with Crippen LogP contribution in [0.4, 0.5) is 0 Å². The molecule has 0 saturated carbocycles. The number of allylic oxidation sites excluding steroid dienone is 4. The number of aliphatic carboxylic acids is 1. The van der Waals surface area contributed by atoms with Crippen molar-refractivity contribution in [2.45, 2.75) is 34.6 Å². The molecule has 0 spiro atoms. The van der Waals surface area contributed by atoms with Crippen LogP contribution in [-0.4, -0.2) is 11.1 Å². The fourth-order valence-corrected chi connectivity index (χ4v) is 0.961. The first-order valence-electron chi connectivity index (χ1n) is 5.16. The third-order valence-electron chi connectivity index (χ3n) is 1.98.